The fourth-order valence-electron chi connectivity index (χ4n) is 1.58. The van der Waals surface area contributed by atoms with Gasteiger partial charge in [-0.2, -0.15) is 13.2 Å². The quantitative estimate of drug-likeness (QED) is 0.679. The lowest BCUT2D eigenvalue weighted by Crippen LogP contribution is -2.33. The summed E-state index contributed by atoms with van der Waals surface area (Å²) in [4.78, 5) is 33.7. The van der Waals surface area contributed by atoms with Crippen molar-refractivity contribution in [2.45, 2.75) is 25.6 Å². The average Bonchev–Trinajstić information content (AvgIpc) is 2.46. The zero-order valence-corrected chi connectivity index (χ0v) is 12.6. The van der Waals surface area contributed by atoms with E-state index in [0.29, 0.717) is 0 Å². The van der Waals surface area contributed by atoms with Crippen LogP contribution in [0.2, 0.25) is 0 Å². The number of benzene rings is 1. The number of rotatable bonds is 6. The highest BCUT2D eigenvalue weighted by molar-refractivity contribution is 5.95. The first-order valence-corrected chi connectivity index (χ1v) is 6.80. The summed E-state index contributed by atoms with van der Waals surface area (Å²) < 4.78 is 42.1. The number of amides is 3. The lowest BCUT2D eigenvalue weighted by Gasteiger charge is -2.14. The lowest BCUT2D eigenvalue weighted by molar-refractivity contribution is -0.153. The first-order valence-electron chi connectivity index (χ1n) is 6.80. The SMILES string of the molecule is C[C@H](OC(=O)CCNC(N)=O)C(=O)Nc1ccc(C(F)(F)F)cc1. The summed E-state index contributed by atoms with van der Waals surface area (Å²) >= 11 is 0. The maximum Gasteiger partial charge on any atom is 0.416 e. The van der Waals surface area contributed by atoms with Crippen LogP contribution in [0.1, 0.15) is 18.9 Å². The summed E-state index contributed by atoms with van der Waals surface area (Å²) in [5, 5.41) is 4.51. The predicted octanol–water partition coefficient (Wildman–Crippen LogP) is 1.63. The van der Waals surface area contributed by atoms with Crippen molar-refractivity contribution in [2.24, 2.45) is 5.73 Å². The molecule has 4 N–H and O–H groups in total. The molecule has 1 rings (SSSR count). The molecule has 0 saturated carbocycles. The van der Waals surface area contributed by atoms with Crippen molar-refractivity contribution in [2.75, 3.05) is 11.9 Å². The number of ether oxygens (including phenoxy) is 1. The van der Waals surface area contributed by atoms with E-state index < -0.39 is 35.8 Å². The van der Waals surface area contributed by atoms with E-state index in [4.69, 9.17) is 10.5 Å². The number of carbonyl (C=O) groups excluding carboxylic acids is 3. The van der Waals surface area contributed by atoms with Crippen LogP contribution < -0.4 is 16.4 Å². The molecule has 0 radical (unpaired) electrons. The fourth-order valence-corrected chi connectivity index (χ4v) is 1.58. The normalized spacial score (nSPS) is 12.2. The molecule has 0 saturated heterocycles. The summed E-state index contributed by atoms with van der Waals surface area (Å²) in [7, 11) is 0. The minimum absolute atomic E-state index is 0.0403. The second kappa shape index (κ2) is 8.18. The molecule has 0 aliphatic rings. The van der Waals surface area contributed by atoms with Crippen molar-refractivity contribution >= 4 is 23.6 Å². The number of primary amides is 1. The van der Waals surface area contributed by atoms with Gasteiger partial charge in [-0.1, -0.05) is 0 Å². The van der Waals surface area contributed by atoms with Crippen molar-refractivity contribution in [3.05, 3.63) is 29.8 Å². The second-order valence-corrected chi connectivity index (χ2v) is 4.74. The highest BCUT2D eigenvalue weighted by Crippen LogP contribution is 2.29. The number of hydrogen-bond acceptors (Lipinski definition) is 4. The second-order valence-electron chi connectivity index (χ2n) is 4.74. The van der Waals surface area contributed by atoms with Crippen LogP contribution in [-0.4, -0.2) is 30.6 Å². The molecule has 0 heterocycles. The summed E-state index contributed by atoms with van der Waals surface area (Å²) in [6.45, 7) is 1.26. The van der Waals surface area contributed by atoms with E-state index >= 15 is 0 Å². The highest BCUT2D eigenvalue weighted by atomic mass is 19.4. The molecule has 1 aromatic rings. The molecular formula is C14H16F3N3O4. The third-order valence-corrected chi connectivity index (χ3v) is 2.79. The van der Waals surface area contributed by atoms with Crippen molar-refractivity contribution in [3.63, 3.8) is 0 Å². The smallest absolute Gasteiger partial charge is 0.416 e. The molecule has 24 heavy (non-hydrogen) atoms. The van der Waals surface area contributed by atoms with Crippen molar-refractivity contribution in [3.8, 4) is 0 Å². The van der Waals surface area contributed by atoms with Crippen molar-refractivity contribution < 1.29 is 32.3 Å². The van der Waals surface area contributed by atoms with E-state index in [-0.39, 0.29) is 18.7 Å². The average molecular weight is 347 g/mol. The molecule has 0 aliphatic heterocycles. The van der Waals surface area contributed by atoms with E-state index in [1.807, 2.05) is 0 Å². The third-order valence-electron chi connectivity index (χ3n) is 2.79. The molecule has 0 bridgehead atoms. The largest absolute Gasteiger partial charge is 0.452 e. The topological polar surface area (TPSA) is 111 Å². The van der Waals surface area contributed by atoms with Gasteiger partial charge < -0.3 is 21.1 Å². The van der Waals surface area contributed by atoms with Crippen LogP contribution in [0.25, 0.3) is 0 Å². The Balaban J connectivity index is 2.49. The molecule has 0 aliphatic carbocycles. The third kappa shape index (κ3) is 6.55. The molecule has 0 aromatic heterocycles. The van der Waals surface area contributed by atoms with Crippen LogP contribution in [0.3, 0.4) is 0 Å². The van der Waals surface area contributed by atoms with Gasteiger partial charge in [0.2, 0.25) is 0 Å². The number of esters is 1. The molecular weight excluding hydrogens is 331 g/mol. The minimum Gasteiger partial charge on any atom is -0.452 e. The molecule has 10 heteroatoms. The van der Waals surface area contributed by atoms with E-state index in [1.165, 1.54) is 6.92 Å². The lowest BCUT2D eigenvalue weighted by atomic mass is 10.2. The Labute approximate surface area is 135 Å². The monoisotopic (exact) mass is 347 g/mol. The van der Waals surface area contributed by atoms with Crippen LogP contribution >= 0.6 is 0 Å². The van der Waals surface area contributed by atoms with E-state index in [0.717, 1.165) is 24.3 Å². The van der Waals surface area contributed by atoms with Gasteiger partial charge in [-0.25, -0.2) is 4.79 Å². The van der Waals surface area contributed by atoms with Crippen molar-refractivity contribution in [1.82, 2.24) is 5.32 Å². The molecule has 0 unspecified atom stereocenters. The van der Waals surface area contributed by atoms with Crippen LogP contribution in [0.5, 0.6) is 0 Å². The summed E-state index contributed by atoms with van der Waals surface area (Å²) in [5.74, 6) is -1.44. The zero-order chi connectivity index (χ0) is 18.3. The Bertz CT molecular complexity index is 602. The molecule has 1 aromatic carbocycles. The zero-order valence-electron chi connectivity index (χ0n) is 12.6. The number of alkyl halides is 3. The van der Waals surface area contributed by atoms with Gasteiger partial charge >= 0.3 is 18.2 Å². The van der Waals surface area contributed by atoms with Crippen LogP contribution in [0.15, 0.2) is 24.3 Å². The number of hydrogen-bond donors (Lipinski definition) is 3. The summed E-state index contributed by atoms with van der Waals surface area (Å²) in [5.41, 5.74) is 4.10. The summed E-state index contributed by atoms with van der Waals surface area (Å²) in [6.07, 6.45) is -5.81. The highest BCUT2D eigenvalue weighted by Gasteiger charge is 2.30. The number of urea groups is 1. The molecule has 0 spiro atoms. The number of nitrogens with one attached hydrogen (secondary N) is 2. The van der Waals surface area contributed by atoms with Gasteiger partial charge in [0.15, 0.2) is 6.10 Å². The molecule has 0 fully saturated rings. The number of nitrogens with two attached hydrogens (primary N) is 1. The standard InChI is InChI=1S/C14H16F3N3O4/c1-8(24-11(21)6-7-19-13(18)23)12(22)20-10-4-2-9(3-5-10)14(15,16)17/h2-5,8H,6-7H2,1H3,(H,20,22)(H3,18,19,23)/t8-/m0/s1. The Kier molecular flexibility index (Phi) is 6.57. The first-order chi connectivity index (χ1) is 11.1. The first kappa shape index (κ1) is 19.3. The van der Waals surface area contributed by atoms with E-state index in [1.54, 1.807) is 0 Å². The van der Waals surface area contributed by atoms with Crippen LogP contribution in [0, 0.1) is 0 Å². The van der Waals surface area contributed by atoms with Gasteiger partial charge in [-0.05, 0) is 31.2 Å². The Morgan fingerprint density at radius 2 is 1.79 bits per heavy atom. The number of halogens is 3. The van der Waals surface area contributed by atoms with E-state index in [2.05, 4.69) is 10.6 Å². The summed E-state index contributed by atoms with van der Waals surface area (Å²) in [6, 6.07) is 3.03. The Morgan fingerprint density at radius 1 is 1.21 bits per heavy atom. The fraction of sp³-hybridized carbons (Fsp3) is 0.357. The van der Waals surface area contributed by atoms with Gasteiger partial charge in [0.05, 0.1) is 12.0 Å². The Hall–Kier alpha value is -2.78. The van der Waals surface area contributed by atoms with E-state index in [9.17, 15) is 27.6 Å². The Morgan fingerprint density at radius 3 is 2.29 bits per heavy atom. The van der Waals surface area contributed by atoms with Gasteiger partial charge in [0.25, 0.3) is 5.91 Å². The molecule has 1 atom stereocenters. The number of carbonyl (C=O) groups is 3. The predicted molar refractivity (Wildman–Crippen MR) is 77.8 cm³/mol. The van der Waals surface area contributed by atoms with Gasteiger partial charge in [-0.3, -0.25) is 9.59 Å². The number of anilines is 1. The van der Waals surface area contributed by atoms with Gasteiger partial charge in [0, 0.05) is 12.2 Å². The minimum atomic E-state index is -4.47. The van der Waals surface area contributed by atoms with Crippen LogP contribution in [0.4, 0.5) is 23.7 Å². The van der Waals surface area contributed by atoms with Gasteiger partial charge in [-0.15, -0.1) is 0 Å². The maximum atomic E-state index is 12.4. The van der Waals surface area contributed by atoms with Crippen molar-refractivity contribution in [1.29, 1.82) is 0 Å². The van der Waals surface area contributed by atoms with Crippen LogP contribution in [-0.2, 0) is 20.5 Å². The maximum absolute atomic E-state index is 12.4. The van der Waals surface area contributed by atoms with Gasteiger partial charge in [0.1, 0.15) is 0 Å². The molecule has 132 valence electrons. The molecule has 3 amide bonds. The molecule has 7 nitrogen and oxygen atoms in total.